The van der Waals surface area contributed by atoms with Crippen LogP contribution in [-0.2, 0) is 0 Å². The lowest BCUT2D eigenvalue weighted by Crippen LogP contribution is -1.91. The molecule has 5 aromatic rings. The largest absolute Gasteiger partial charge is 0.344 e. The molecule has 0 fully saturated rings. The van der Waals surface area contributed by atoms with Crippen molar-refractivity contribution >= 4 is 56.3 Å². The predicted octanol–water partition coefficient (Wildman–Crippen LogP) is 7.87. The van der Waals surface area contributed by atoms with Crippen molar-refractivity contribution in [2.24, 2.45) is 0 Å². The van der Waals surface area contributed by atoms with Gasteiger partial charge in [0.05, 0.1) is 16.7 Å². The van der Waals surface area contributed by atoms with Crippen LogP contribution in [0.1, 0.15) is 18.1 Å². The van der Waals surface area contributed by atoms with E-state index in [1.807, 2.05) is 25.1 Å². The van der Waals surface area contributed by atoms with Crippen molar-refractivity contribution in [2.75, 3.05) is 0 Å². The van der Waals surface area contributed by atoms with Gasteiger partial charge in [-0.1, -0.05) is 72.8 Å². The van der Waals surface area contributed by atoms with Gasteiger partial charge in [0, 0.05) is 16.3 Å². The summed E-state index contributed by atoms with van der Waals surface area (Å²) in [6, 6.07) is 20.9. The third kappa shape index (κ3) is 2.84. The molecule has 0 amide bonds. The number of fused-ring (bicyclic) bond motifs is 4. The average Bonchev–Trinajstić information content (AvgIpc) is 3.17. The minimum atomic E-state index is 0.599. The number of hydrogen-bond acceptors (Lipinski definition) is 1. The zero-order chi connectivity index (χ0) is 20.0. The third-order valence-corrected chi connectivity index (χ3v) is 5.57. The summed E-state index contributed by atoms with van der Waals surface area (Å²) in [6.07, 6.45) is 6.11. The van der Waals surface area contributed by atoms with E-state index < -0.39 is 0 Å². The van der Waals surface area contributed by atoms with Gasteiger partial charge < -0.3 is 4.98 Å². The van der Waals surface area contributed by atoms with Crippen LogP contribution in [0.5, 0.6) is 0 Å². The first kappa shape index (κ1) is 17.7. The number of hydrogen-bond donors (Lipinski definition) is 1. The number of nitrogens with one attached hydrogen (secondary N) is 1. The highest BCUT2D eigenvalue weighted by molar-refractivity contribution is 6.30. The van der Waals surface area contributed by atoms with Crippen LogP contribution in [0.15, 0.2) is 73.3 Å². The lowest BCUT2D eigenvalue weighted by Gasteiger charge is -2.12. The number of aromatic amines is 1. The van der Waals surface area contributed by atoms with Crippen molar-refractivity contribution < 1.29 is 0 Å². The van der Waals surface area contributed by atoms with E-state index in [-0.39, 0.29) is 0 Å². The first-order chi connectivity index (χ1) is 14.2. The molecule has 140 valence electrons. The van der Waals surface area contributed by atoms with Crippen LogP contribution in [0.25, 0.3) is 56.0 Å². The number of rotatable bonds is 3. The maximum Gasteiger partial charge on any atom is 0.106 e. The molecule has 3 heteroatoms. The topological polar surface area (TPSA) is 28.7 Å². The Kier molecular flexibility index (Phi) is 4.22. The number of nitrogens with zero attached hydrogens (tertiary/aromatic N) is 1. The van der Waals surface area contributed by atoms with Gasteiger partial charge in [-0.05, 0) is 53.1 Å². The SMILES string of the molecule is C=Cc1c(/C=C\C)cc2ccccc2c1-c1cc2ccc3ccc(Cl)[nH]c3c2n1. The van der Waals surface area contributed by atoms with Gasteiger partial charge in [-0.15, -0.1) is 0 Å². The molecule has 3 aromatic carbocycles. The first-order valence-electron chi connectivity index (χ1n) is 9.59. The fourth-order valence-corrected chi connectivity index (χ4v) is 4.24. The van der Waals surface area contributed by atoms with Crippen LogP contribution in [-0.4, -0.2) is 9.97 Å². The van der Waals surface area contributed by atoms with E-state index in [9.17, 15) is 0 Å². The average molecular weight is 395 g/mol. The molecule has 2 nitrogen and oxygen atoms in total. The second-order valence-electron chi connectivity index (χ2n) is 7.10. The molecule has 0 aliphatic rings. The van der Waals surface area contributed by atoms with Crippen LogP contribution in [0.3, 0.4) is 0 Å². The Morgan fingerprint density at radius 2 is 1.76 bits per heavy atom. The molecule has 0 bridgehead atoms. The van der Waals surface area contributed by atoms with Gasteiger partial charge in [0.2, 0.25) is 0 Å². The summed E-state index contributed by atoms with van der Waals surface area (Å²) in [5, 5.41) is 5.13. The molecule has 0 spiro atoms. The molecule has 2 heterocycles. The van der Waals surface area contributed by atoms with Crippen molar-refractivity contribution in [2.45, 2.75) is 6.92 Å². The molecule has 0 atom stereocenters. The van der Waals surface area contributed by atoms with E-state index in [0.717, 1.165) is 44.2 Å². The lowest BCUT2D eigenvalue weighted by molar-refractivity contribution is 1.40. The minimum Gasteiger partial charge on any atom is -0.344 e. The molecule has 1 N–H and O–H groups in total. The Hall–Kier alpha value is -3.36. The molecular formula is C26H19ClN2. The first-order valence-corrected chi connectivity index (χ1v) is 9.96. The van der Waals surface area contributed by atoms with Crippen molar-refractivity contribution in [3.05, 3.63) is 89.6 Å². The second kappa shape index (κ2) is 6.91. The third-order valence-electron chi connectivity index (χ3n) is 5.35. The molecule has 0 saturated carbocycles. The van der Waals surface area contributed by atoms with E-state index in [2.05, 4.69) is 72.2 Å². The molecule has 0 radical (unpaired) electrons. The predicted molar refractivity (Wildman–Crippen MR) is 126 cm³/mol. The van der Waals surface area contributed by atoms with Crippen molar-refractivity contribution in [3.8, 4) is 11.3 Å². The van der Waals surface area contributed by atoms with Crippen LogP contribution < -0.4 is 0 Å². The molecular weight excluding hydrogens is 376 g/mol. The van der Waals surface area contributed by atoms with Crippen molar-refractivity contribution in [1.82, 2.24) is 9.97 Å². The summed E-state index contributed by atoms with van der Waals surface area (Å²) < 4.78 is 0. The Balaban J connectivity index is 1.90. The molecule has 29 heavy (non-hydrogen) atoms. The van der Waals surface area contributed by atoms with Crippen molar-refractivity contribution in [1.29, 1.82) is 0 Å². The minimum absolute atomic E-state index is 0.599. The Morgan fingerprint density at radius 1 is 0.966 bits per heavy atom. The van der Waals surface area contributed by atoms with Crippen LogP contribution in [0.2, 0.25) is 5.15 Å². The quantitative estimate of drug-likeness (QED) is 0.310. The standard InChI is InChI=1S/C26H19ClN2/c1-3-7-17-14-18-8-5-6-9-21(18)24(20(17)4-2)22-15-19-11-10-16-12-13-23(27)29-25(16)26(19)28-22/h3-15,29H,2H2,1H3/b7-3-. The van der Waals surface area contributed by atoms with Crippen LogP contribution >= 0.6 is 11.6 Å². The maximum absolute atomic E-state index is 6.22. The van der Waals surface area contributed by atoms with Gasteiger partial charge in [0.25, 0.3) is 0 Å². The molecule has 2 aromatic heterocycles. The van der Waals surface area contributed by atoms with Gasteiger partial charge in [-0.2, -0.15) is 0 Å². The van der Waals surface area contributed by atoms with Crippen LogP contribution in [0, 0.1) is 0 Å². The Morgan fingerprint density at radius 3 is 2.59 bits per heavy atom. The summed E-state index contributed by atoms with van der Waals surface area (Å²) >= 11 is 6.22. The summed E-state index contributed by atoms with van der Waals surface area (Å²) in [5.41, 5.74) is 6.17. The zero-order valence-electron chi connectivity index (χ0n) is 16.0. The van der Waals surface area contributed by atoms with E-state index in [1.165, 1.54) is 10.8 Å². The van der Waals surface area contributed by atoms with Crippen molar-refractivity contribution in [3.63, 3.8) is 0 Å². The molecule has 0 unspecified atom stereocenters. The molecule has 5 rings (SSSR count). The number of benzene rings is 3. The van der Waals surface area contributed by atoms with E-state index in [0.29, 0.717) is 5.15 Å². The van der Waals surface area contributed by atoms with E-state index >= 15 is 0 Å². The van der Waals surface area contributed by atoms with Gasteiger partial charge in [0.1, 0.15) is 5.15 Å². The number of pyridine rings is 1. The highest BCUT2D eigenvalue weighted by Gasteiger charge is 2.16. The molecule has 0 aliphatic heterocycles. The van der Waals surface area contributed by atoms with Gasteiger partial charge in [-0.3, -0.25) is 0 Å². The number of H-pyrrole nitrogens is 1. The maximum atomic E-state index is 6.22. The summed E-state index contributed by atoms with van der Waals surface area (Å²) in [7, 11) is 0. The van der Waals surface area contributed by atoms with Gasteiger partial charge >= 0.3 is 0 Å². The fourth-order valence-electron chi connectivity index (χ4n) is 4.08. The normalized spacial score (nSPS) is 11.8. The molecule has 0 aliphatic carbocycles. The Labute approximate surface area is 174 Å². The molecule has 0 saturated heterocycles. The summed E-state index contributed by atoms with van der Waals surface area (Å²) in [4.78, 5) is 8.32. The monoisotopic (exact) mass is 394 g/mol. The second-order valence-corrected chi connectivity index (χ2v) is 7.50. The van der Waals surface area contributed by atoms with E-state index in [1.54, 1.807) is 0 Å². The number of aromatic nitrogens is 2. The fraction of sp³-hybridized carbons (Fsp3) is 0.0385. The highest BCUT2D eigenvalue weighted by atomic mass is 35.5. The Bertz CT molecular complexity index is 1440. The summed E-state index contributed by atoms with van der Waals surface area (Å²) in [5.74, 6) is 0. The summed E-state index contributed by atoms with van der Waals surface area (Å²) in [6.45, 7) is 6.13. The van der Waals surface area contributed by atoms with Crippen LogP contribution in [0.4, 0.5) is 0 Å². The number of halogens is 1. The van der Waals surface area contributed by atoms with E-state index in [4.69, 9.17) is 16.6 Å². The smallest absolute Gasteiger partial charge is 0.106 e. The zero-order valence-corrected chi connectivity index (χ0v) is 16.8. The van der Waals surface area contributed by atoms with Gasteiger partial charge in [-0.25, -0.2) is 4.98 Å². The highest BCUT2D eigenvalue weighted by Crippen LogP contribution is 2.38. The lowest BCUT2D eigenvalue weighted by atomic mass is 9.92. The van der Waals surface area contributed by atoms with Gasteiger partial charge in [0.15, 0.2) is 0 Å². The number of allylic oxidation sites excluding steroid dienone is 1.